The molecule has 2 N–H and O–H groups in total. The number of rotatable bonds is 5. The molecule has 0 bridgehead atoms. The van der Waals surface area contributed by atoms with Gasteiger partial charge < -0.3 is 5.73 Å². The van der Waals surface area contributed by atoms with Crippen molar-refractivity contribution in [1.29, 1.82) is 0 Å². The van der Waals surface area contributed by atoms with E-state index in [-0.39, 0.29) is 11.9 Å². The van der Waals surface area contributed by atoms with E-state index in [1.165, 1.54) is 25.7 Å². The Labute approximate surface area is 113 Å². The standard InChI is InChI=1S/C15H22FNS/c1-2-11(17)10-13-14(16)8-5-9-15(13)18-12-6-3-4-7-12/h5,8-9,11-12H,2-4,6-7,10,17H2,1H3. The highest BCUT2D eigenvalue weighted by Gasteiger charge is 2.19. The zero-order valence-corrected chi connectivity index (χ0v) is 11.8. The second-order valence-corrected chi connectivity index (χ2v) is 6.46. The van der Waals surface area contributed by atoms with E-state index in [2.05, 4.69) is 6.92 Å². The third-order valence-electron chi connectivity index (χ3n) is 3.66. The van der Waals surface area contributed by atoms with Crippen molar-refractivity contribution in [2.75, 3.05) is 0 Å². The molecule has 1 aromatic carbocycles. The van der Waals surface area contributed by atoms with Crippen molar-refractivity contribution in [3.63, 3.8) is 0 Å². The third kappa shape index (κ3) is 3.48. The predicted molar refractivity (Wildman–Crippen MR) is 76.5 cm³/mol. The molecule has 0 spiro atoms. The second kappa shape index (κ2) is 6.58. The molecule has 18 heavy (non-hydrogen) atoms. The van der Waals surface area contributed by atoms with Crippen LogP contribution in [0, 0.1) is 5.82 Å². The first-order valence-electron chi connectivity index (χ1n) is 6.90. The summed E-state index contributed by atoms with van der Waals surface area (Å²) in [5.74, 6) is -0.0955. The zero-order chi connectivity index (χ0) is 13.0. The van der Waals surface area contributed by atoms with E-state index in [0.29, 0.717) is 11.7 Å². The maximum Gasteiger partial charge on any atom is 0.127 e. The van der Waals surface area contributed by atoms with Crippen LogP contribution in [-0.4, -0.2) is 11.3 Å². The minimum Gasteiger partial charge on any atom is -0.327 e. The third-order valence-corrected chi connectivity index (χ3v) is 5.10. The van der Waals surface area contributed by atoms with E-state index >= 15 is 0 Å². The Hall–Kier alpha value is -0.540. The fourth-order valence-electron chi connectivity index (χ4n) is 2.44. The van der Waals surface area contributed by atoms with E-state index in [4.69, 9.17) is 5.73 Å². The molecule has 1 fully saturated rings. The first-order chi connectivity index (χ1) is 8.70. The minimum atomic E-state index is -0.0955. The van der Waals surface area contributed by atoms with Gasteiger partial charge in [-0.2, -0.15) is 0 Å². The van der Waals surface area contributed by atoms with Gasteiger partial charge in [-0.15, -0.1) is 11.8 Å². The molecule has 1 unspecified atom stereocenters. The highest BCUT2D eigenvalue weighted by Crippen LogP contribution is 2.37. The first kappa shape index (κ1) is 13.9. The van der Waals surface area contributed by atoms with E-state index < -0.39 is 0 Å². The molecule has 0 saturated heterocycles. The van der Waals surface area contributed by atoms with Gasteiger partial charge in [-0.3, -0.25) is 0 Å². The quantitative estimate of drug-likeness (QED) is 0.867. The van der Waals surface area contributed by atoms with Crippen LogP contribution in [0.2, 0.25) is 0 Å². The molecule has 0 aromatic heterocycles. The van der Waals surface area contributed by atoms with Crippen LogP contribution < -0.4 is 5.73 Å². The van der Waals surface area contributed by atoms with Crippen LogP contribution in [0.15, 0.2) is 23.1 Å². The van der Waals surface area contributed by atoms with Crippen LogP contribution in [0.4, 0.5) is 4.39 Å². The molecule has 100 valence electrons. The zero-order valence-electron chi connectivity index (χ0n) is 11.0. The predicted octanol–water partition coefficient (Wildman–Crippen LogP) is 4.14. The molecule has 0 radical (unpaired) electrons. The lowest BCUT2D eigenvalue weighted by atomic mass is 10.0. The average molecular weight is 267 g/mol. The lowest BCUT2D eigenvalue weighted by Gasteiger charge is -2.16. The van der Waals surface area contributed by atoms with E-state index in [1.807, 2.05) is 23.9 Å². The summed E-state index contributed by atoms with van der Waals surface area (Å²) in [5, 5.41) is 0.670. The largest absolute Gasteiger partial charge is 0.327 e. The summed E-state index contributed by atoms with van der Waals surface area (Å²) < 4.78 is 14.0. The highest BCUT2D eigenvalue weighted by molar-refractivity contribution is 8.00. The molecule has 1 aliphatic carbocycles. The van der Waals surface area contributed by atoms with Gasteiger partial charge >= 0.3 is 0 Å². The SMILES string of the molecule is CCC(N)Cc1c(F)cccc1SC1CCCC1. The number of halogens is 1. The molecule has 0 aliphatic heterocycles. The van der Waals surface area contributed by atoms with Crippen LogP contribution in [0.1, 0.15) is 44.6 Å². The van der Waals surface area contributed by atoms with Gasteiger partial charge in [0.05, 0.1) is 0 Å². The molecule has 1 aliphatic rings. The first-order valence-corrected chi connectivity index (χ1v) is 7.78. The summed E-state index contributed by atoms with van der Waals surface area (Å²) in [5.41, 5.74) is 6.80. The fourth-order valence-corrected chi connectivity index (χ4v) is 3.85. The van der Waals surface area contributed by atoms with Gasteiger partial charge in [0.2, 0.25) is 0 Å². The van der Waals surface area contributed by atoms with Crippen molar-refractivity contribution in [1.82, 2.24) is 0 Å². The number of hydrogen-bond donors (Lipinski definition) is 1. The van der Waals surface area contributed by atoms with Crippen molar-refractivity contribution in [2.45, 2.75) is 61.6 Å². The molecule has 1 atom stereocenters. The Bertz CT molecular complexity index is 388. The molecule has 0 amide bonds. The lowest BCUT2D eigenvalue weighted by Crippen LogP contribution is -2.22. The fraction of sp³-hybridized carbons (Fsp3) is 0.600. The van der Waals surface area contributed by atoms with Gasteiger partial charge in [0, 0.05) is 21.8 Å². The smallest absolute Gasteiger partial charge is 0.127 e. The maximum absolute atomic E-state index is 14.0. The molecular weight excluding hydrogens is 245 g/mol. The minimum absolute atomic E-state index is 0.0600. The van der Waals surface area contributed by atoms with Crippen molar-refractivity contribution < 1.29 is 4.39 Å². The summed E-state index contributed by atoms with van der Waals surface area (Å²) >= 11 is 1.85. The van der Waals surface area contributed by atoms with Crippen molar-refractivity contribution in [2.24, 2.45) is 5.73 Å². The van der Waals surface area contributed by atoms with Gasteiger partial charge in [0.15, 0.2) is 0 Å². The van der Waals surface area contributed by atoms with Crippen molar-refractivity contribution in [3.8, 4) is 0 Å². The Morgan fingerprint density at radius 2 is 2.11 bits per heavy atom. The Morgan fingerprint density at radius 3 is 2.78 bits per heavy atom. The summed E-state index contributed by atoms with van der Waals surface area (Å²) in [6.45, 7) is 2.05. The monoisotopic (exact) mass is 267 g/mol. The van der Waals surface area contributed by atoms with Gasteiger partial charge in [-0.25, -0.2) is 4.39 Å². The van der Waals surface area contributed by atoms with Crippen LogP contribution in [-0.2, 0) is 6.42 Å². The van der Waals surface area contributed by atoms with Crippen molar-refractivity contribution in [3.05, 3.63) is 29.6 Å². The van der Waals surface area contributed by atoms with Crippen LogP contribution in [0.5, 0.6) is 0 Å². The van der Waals surface area contributed by atoms with Crippen LogP contribution in [0.25, 0.3) is 0 Å². The molecule has 2 rings (SSSR count). The summed E-state index contributed by atoms with van der Waals surface area (Å²) in [7, 11) is 0. The van der Waals surface area contributed by atoms with Crippen LogP contribution in [0.3, 0.4) is 0 Å². The summed E-state index contributed by atoms with van der Waals surface area (Å²) in [6, 6.07) is 5.47. The number of hydrogen-bond acceptors (Lipinski definition) is 2. The van der Waals surface area contributed by atoms with E-state index in [9.17, 15) is 4.39 Å². The number of benzene rings is 1. The molecule has 1 nitrogen and oxygen atoms in total. The molecular formula is C15H22FNS. The highest BCUT2D eigenvalue weighted by atomic mass is 32.2. The molecule has 3 heteroatoms. The summed E-state index contributed by atoms with van der Waals surface area (Å²) in [6.07, 6.45) is 6.70. The molecule has 1 aromatic rings. The summed E-state index contributed by atoms with van der Waals surface area (Å²) in [4.78, 5) is 1.10. The van der Waals surface area contributed by atoms with Gasteiger partial charge in [0.1, 0.15) is 5.82 Å². The number of thioether (sulfide) groups is 1. The molecule has 0 heterocycles. The molecule has 1 saturated carbocycles. The van der Waals surface area contributed by atoms with Gasteiger partial charge in [-0.1, -0.05) is 25.8 Å². The normalized spacial score (nSPS) is 18.2. The van der Waals surface area contributed by atoms with E-state index in [1.54, 1.807) is 6.07 Å². The van der Waals surface area contributed by atoms with Crippen LogP contribution >= 0.6 is 11.8 Å². The topological polar surface area (TPSA) is 26.0 Å². The number of nitrogens with two attached hydrogens (primary N) is 1. The van der Waals surface area contributed by atoms with Gasteiger partial charge in [-0.05, 0) is 37.8 Å². The lowest BCUT2D eigenvalue weighted by molar-refractivity contribution is 0.571. The second-order valence-electron chi connectivity index (χ2n) is 5.11. The van der Waals surface area contributed by atoms with Crippen molar-refractivity contribution >= 4 is 11.8 Å². The van der Waals surface area contributed by atoms with Gasteiger partial charge in [0.25, 0.3) is 0 Å². The Morgan fingerprint density at radius 1 is 1.39 bits per heavy atom. The van der Waals surface area contributed by atoms with E-state index in [0.717, 1.165) is 16.9 Å². The average Bonchev–Trinajstić information content (AvgIpc) is 2.86. The Balaban J connectivity index is 2.14. The Kier molecular flexibility index (Phi) is 5.07. The maximum atomic E-state index is 14.0.